The number of benzene rings is 2. The molecule has 5 nitrogen and oxygen atoms in total. The average Bonchev–Trinajstić information content (AvgIpc) is 2.73. The molecule has 1 aliphatic rings. The summed E-state index contributed by atoms with van der Waals surface area (Å²) in [6, 6.07) is 10.9. The summed E-state index contributed by atoms with van der Waals surface area (Å²) < 4.78 is 6.55. The van der Waals surface area contributed by atoms with E-state index in [9.17, 15) is 9.59 Å². The van der Waals surface area contributed by atoms with Crippen LogP contribution >= 0.6 is 27.5 Å². The molecule has 2 aromatic rings. The summed E-state index contributed by atoms with van der Waals surface area (Å²) in [6.07, 6.45) is 6.62. The fourth-order valence-electron chi connectivity index (χ4n) is 3.20. The predicted octanol–water partition coefficient (Wildman–Crippen LogP) is 5.14. The van der Waals surface area contributed by atoms with Crippen LogP contribution in [-0.2, 0) is 4.79 Å². The van der Waals surface area contributed by atoms with E-state index in [1.807, 2.05) is 42.5 Å². The topological polar surface area (TPSA) is 67.4 Å². The van der Waals surface area contributed by atoms with Crippen LogP contribution in [0.3, 0.4) is 0 Å². The van der Waals surface area contributed by atoms with E-state index < -0.39 is 0 Å². The highest BCUT2D eigenvalue weighted by Crippen LogP contribution is 2.25. The van der Waals surface area contributed by atoms with Crippen molar-refractivity contribution < 1.29 is 14.3 Å². The van der Waals surface area contributed by atoms with Gasteiger partial charge in [-0.3, -0.25) is 9.59 Å². The molecule has 0 bridgehead atoms. The van der Waals surface area contributed by atoms with Crippen molar-refractivity contribution in [2.24, 2.45) is 5.92 Å². The van der Waals surface area contributed by atoms with Crippen molar-refractivity contribution >= 4 is 51.4 Å². The molecular formula is C25H26BrClN2O3. The molecule has 0 aromatic heterocycles. The molecule has 168 valence electrons. The molecule has 0 radical (unpaired) electrons. The van der Waals surface area contributed by atoms with Gasteiger partial charge in [-0.05, 0) is 47.9 Å². The number of hydrogen-bond donors (Lipinski definition) is 2. The molecule has 0 atom stereocenters. The van der Waals surface area contributed by atoms with Crippen LogP contribution in [0.2, 0.25) is 5.02 Å². The lowest BCUT2D eigenvalue weighted by Gasteiger charge is -2.25. The maximum absolute atomic E-state index is 12.7. The molecule has 1 heterocycles. The Morgan fingerprint density at radius 1 is 1.22 bits per heavy atom. The minimum atomic E-state index is -0.200. The first kappa shape index (κ1) is 24.2. The first-order valence-electron chi connectivity index (χ1n) is 10.5. The van der Waals surface area contributed by atoms with Crippen molar-refractivity contribution in [2.45, 2.75) is 12.8 Å². The summed E-state index contributed by atoms with van der Waals surface area (Å²) in [5.74, 6) is 0.784. The van der Waals surface area contributed by atoms with Crippen LogP contribution in [0.1, 0.15) is 34.3 Å². The normalized spacial score (nSPS) is 13.6. The number of rotatable bonds is 11. The van der Waals surface area contributed by atoms with Crippen molar-refractivity contribution in [3.63, 3.8) is 0 Å². The Morgan fingerprint density at radius 3 is 2.72 bits per heavy atom. The molecule has 0 spiro atoms. The van der Waals surface area contributed by atoms with Crippen LogP contribution < -0.4 is 15.4 Å². The van der Waals surface area contributed by atoms with Gasteiger partial charge in [0.1, 0.15) is 18.1 Å². The molecule has 1 saturated heterocycles. The monoisotopic (exact) mass is 516 g/mol. The minimum absolute atomic E-state index is 0.138. The molecule has 1 aliphatic heterocycles. The van der Waals surface area contributed by atoms with Gasteiger partial charge in [0, 0.05) is 47.0 Å². The van der Waals surface area contributed by atoms with Gasteiger partial charge < -0.3 is 15.4 Å². The average molecular weight is 518 g/mol. The van der Waals surface area contributed by atoms with Crippen molar-refractivity contribution in [3.05, 3.63) is 75.2 Å². The van der Waals surface area contributed by atoms with Crippen molar-refractivity contribution in [3.8, 4) is 5.75 Å². The summed E-state index contributed by atoms with van der Waals surface area (Å²) in [5, 5.41) is 6.65. The molecule has 1 fully saturated rings. The molecule has 0 saturated carbocycles. The van der Waals surface area contributed by atoms with E-state index in [2.05, 4.69) is 33.1 Å². The molecule has 2 N–H and O–H groups in total. The number of ether oxygens (including phenoxy) is 1. The maximum atomic E-state index is 12.7. The second-order valence-electron chi connectivity index (χ2n) is 7.57. The second kappa shape index (κ2) is 12.0. The summed E-state index contributed by atoms with van der Waals surface area (Å²) in [4.78, 5) is 24.7. The molecule has 1 amide bonds. The third-order valence-electron chi connectivity index (χ3n) is 5.10. The summed E-state index contributed by atoms with van der Waals surface area (Å²) >= 11 is 9.52. The van der Waals surface area contributed by atoms with Crippen LogP contribution in [-0.4, -0.2) is 37.9 Å². The third kappa shape index (κ3) is 7.05. The Labute approximate surface area is 202 Å². The first-order valence-corrected chi connectivity index (χ1v) is 11.7. The van der Waals surface area contributed by atoms with Gasteiger partial charge >= 0.3 is 0 Å². The predicted molar refractivity (Wildman–Crippen MR) is 133 cm³/mol. The molecular weight excluding hydrogens is 492 g/mol. The minimum Gasteiger partial charge on any atom is -0.490 e. The van der Waals surface area contributed by atoms with Gasteiger partial charge in [0.05, 0.1) is 0 Å². The van der Waals surface area contributed by atoms with Gasteiger partial charge in [-0.15, -0.1) is 0 Å². The largest absolute Gasteiger partial charge is 0.490 e. The van der Waals surface area contributed by atoms with Crippen LogP contribution in [0.4, 0.5) is 0 Å². The van der Waals surface area contributed by atoms with Crippen LogP contribution in [0.15, 0.2) is 53.5 Å². The smallest absolute Gasteiger partial charge is 0.251 e. The van der Waals surface area contributed by atoms with Gasteiger partial charge in [0.2, 0.25) is 0 Å². The molecule has 32 heavy (non-hydrogen) atoms. The van der Waals surface area contributed by atoms with Gasteiger partial charge in [-0.2, -0.15) is 0 Å². The fourth-order valence-corrected chi connectivity index (χ4v) is 4.01. The van der Waals surface area contributed by atoms with Gasteiger partial charge in [-0.25, -0.2) is 0 Å². The third-order valence-corrected chi connectivity index (χ3v) is 6.02. The second-order valence-corrected chi connectivity index (χ2v) is 8.86. The number of halogens is 2. The zero-order chi connectivity index (χ0) is 22.9. The van der Waals surface area contributed by atoms with E-state index in [0.717, 1.165) is 28.7 Å². The van der Waals surface area contributed by atoms with E-state index in [1.54, 1.807) is 12.1 Å². The van der Waals surface area contributed by atoms with Crippen LogP contribution in [0, 0.1) is 5.92 Å². The van der Waals surface area contributed by atoms with Crippen molar-refractivity contribution in [2.75, 3.05) is 26.2 Å². The zero-order valence-corrected chi connectivity index (χ0v) is 20.0. The van der Waals surface area contributed by atoms with Crippen molar-refractivity contribution in [1.29, 1.82) is 0 Å². The number of hydrogen-bond acceptors (Lipinski definition) is 4. The number of carbonyl (C=O) groups is 2. The lowest BCUT2D eigenvalue weighted by molar-refractivity contribution is -0.124. The van der Waals surface area contributed by atoms with E-state index in [1.165, 1.54) is 0 Å². The zero-order valence-electron chi connectivity index (χ0n) is 17.7. The number of Topliss-reactive ketones (excluding diaryl/α,β-unsaturated/α-hetero) is 1. The molecule has 3 rings (SSSR count). The van der Waals surface area contributed by atoms with Gasteiger partial charge in [0.15, 0.2) is 0 Å². The Bertz CT molecular complexity index is 1020. The van der Waals surface area contributed by atoms with Gasteiger partial charge in [-0.1, -0.05) is 58.4 Å². The summed E-state index contributed by atoms with van der Waals surface area (Å²) in [5.41, 5.74) is 2.28. The Balaban J connectivity index is 1.66. The summed E-state index contributed by atoms with van der Waals surface area (Å²) in [6.45, 7) is 6.00. The highest BCUT2D eigenvalue weighted by atomic mass is 79.9. The lowest BCUT2D eigenvalue weighted by atomic mass is 9.95. The van der Waals surface area contributed by atoms with E-state index >= 15 is 0 Å². The van der Waals surface area contributed by atoms with E-state index in [0.29, 0.717) is 42.3 Å². The highest BCUT2D eigenvalue weighted by Gasteiger charge is 2.23. The fraction of sp³-hybridized carbons (Fsp3) is 0.280. The Hall–Kier alpha value is -2.41. The highest BCUT2D eigenvalue weighted by molar-refractivity contribution is 9.10. The number of ketones is 1. The number of carbonyl (C=O) groups excluding carboxylic acids is 2. The van der Waals surface area contributed by atoms with Gasteiger partial charge in [0.25, 0.3) is 5.91 Å². The number of amides is 1. The SMILES string of the molecule is C=CCOc1cc(/C=C/c2ccc(Cl)cc2Br)cc(C(=O)NCCCC(=O)C2CNC2)c1. The number of nitrogens with one attached hydrogen (secondary N) is 2. The molecule has 7 heteroatoms. The first-order chi connectivity index (χ1) is 15.5. The molecule has 0 aliphatic carbocycles. The molecule has 0 unspecified atom stereocenters. The van der Waals surface area contributed by atoms with Crippen LogP contribution in [0.5, 0.6) is 5.75 Å². The van der Waals surface area contributed by atoms with E-state index in [-0.39, 0.29) is 17.6 Å². The summed E-state index contributed by atoms with van der Waals surface area (Å²) in [7, 11) is 0. The standard InChI is InChI=1S/C25H26BrClN2O3/c1-2-10-32-22-12-17(5-6-18-7-8-21(27)14-23(18)26)11-19(13-22)25(31)29-9-3-4-24(30)20-15-28-16-20/h2,5-8,11-14,20,28H,1,3-4,9-10,15-16H2,(H,29,31)/b6-5+. The van der Waals surface area contributed by atoms with Crippen molar-refractivity contribution in [1.82, 2.24) is 10.6 Å². The quantitative estimate of drug-likeness (QED) is 0.246. The lowest BCUT2D eigenvalue weighted by Crippen LogP contribution is -2.46. The Kier molecular flexibility index (Phi) is 9.09. The van der Waals surface area contributed by atoms with Crippen LogP contribution in [0.25, 0.3) is 12.2 Å². The maximum Gasteiger partial charge on any atom is 0.251 e. The molecule has 2 aromatic carbocycles. The van der Waals surface area contributed by atoms with E-state index in [4.69, 9.17) is 16.3 Å². The Morgan fingerprint density at radius 2 is 2.03 bits per heavy atom.